The fourth-order valence-corrected chi connectivity index (χ4v) is 2.62. The zero-order chi connectivity index (χ0) is 12.9. The minimum Gasteiger partial charge on any atom is -0.347 e. The van der Waals surface area contributed by atoms with Gasteiger partial charge in [0.15, 0.2) is 0 Å². The molecule has 1 atom stereocenters. The van der Waals surface area contributed by atoms with Crippen LogP contribution in [0, 0.1) is 0 Å². The number of H-pyrrole nitrogens is 1. The Labute approximate surface area is 113 Å². The summed E-state index contributed by atoms with van der Waals surface area (Å²) >= 11 is 0. The topological polar surface area (TPSA) is 44.0 Å². The summed E-state index contributed by atoms with van der Waals surface area (Å²) in [6.45, 7) is 4.24. The summed E-state index contributed by atoms with van der Waals surface area (Å²) in [6, 6.07) is 11.3. The molecule has 0 saturated carbocycles. The monoisotopic (exact) mass is 256 g/mol. The van der Waals surface area contributed by atoms with Crippen molar-refractivity contribution >= 4 is 0 Å². The molecular formula is C15H20N4. The van der Waals surface area contributed by atoms with Crippen LogP contribution in [-0.4, -0.2) is 34.0 Å². The number of hydrogen-bond donors (Lipinski definition) is 2. The van der Waals surface area contributed by atoms with Crippen molar-refractivity contribution in [3.05, 3.63) is 54.1 Å². The highest BCUT2D eigenvalue weighted by Gasteiger charge is 2.21. The van der Waals surface area contributed by atoms with E-state index in [4.69, 9.17) is 0 Å². The molecular weight excluding hydrogens is 236 g/mol. The SMILES string of the molecule is c1ccc(CN2CCC(NCc3cnc[nH]3)C2)cc1. The number of benzene rings is 1. The minimum atomic E-state index is 0.590. The fourth-order valence-electron chi connectivity index (χ4n) is 2.62. The third-order valence-corrected chi connectivity index (χ3v) is 3.66. The van der Waals surface area contributed by atoms with E-state index in [0.29, 0.717) is 6.04 Å². The first-order chi connectivity index (χ1) is 9.40. The van der Waals surface area contributed by atoms with Gasteiger partial charge in [0.1, 0.15) is 0 Å². The van der Waals surface area contributed by atoms with Gasteiger partial charge in [0, 0.05) is 44.1 Å². The number of nitrogens with zero attached hydrogens (tertiary/aromatic N) is 2. The zero-order valence-electron chi connectivity index (χ0n) is 11.0. The second kappa shape index (κ2) is 5.99. The van der Waals surface area contributed by atoms with Crippen LogP contribution in [0.1, 0.15) is 17.7 Å². The number of rotatable bonds is 5. The molecule has 1 aromatic carbocycles. The molecule has 2 aromatic rings. The quantitative estimate of drug-likeness (QED) is 0.857. The highest BCUT2D eigenvalue weighted by molar-refractivity contribution is 5.14. The Bertz CT molecular complexity index is 480. The van der Waals surface area contributed by atoms with Gasteiger partial charge in [-0.1, -0.05) is 30.3 Å². The molecule has 0 aliphatic carbocycles. The Balaban J connectivity index is 1.45. The second-order valence-corrected chi connectivity index (χ2v) is 5.16. The van der Waals surface area contributed by atoms with Crippen LogP contribution >= 0.6 is 0 Å². The zero-order valence-corrected chi connectivity index (χ0v) is 11.0. The van der Waals surface area contributed by atoms with Gasteiger partial charge < -0.3 is 10.3 Å². The van der Waals surface area contributed by atoms with Crippen LogP contribution in [-0.2, 0) is 13.1 Å². The molecule has 0 bridgehead atoms. The molecule has 19 heavy (non-hydrogen) atoms. The van der Waals surface area contributed by atoms with E-state index in [1.807, 2.05) is 6.20 Å². The van der Waals surface area contributed by atoms with Gasteiger partial charge in [0.05, 0.1) is 6.33 Å². The van der Waals surface area contributed by atoms with E-state index in [1.165, 1.54) is 18.5 Å². The first-order valence-corrected chi connectivity index (χ1v) is 6.87. The van der Waals surface area contributed by atoms with Gasteiger partial charge in [-0.2, -0.15) is 0 Å². The normalized spacial score (nSPS) is 19.9. The molecule has 0 spiro atoms. The third kappa shape index (κ3) is 3.43. The maximum atomic E-state index is 4.03. The summed E-state index contributed by atoms with van der Waals surface area (Å²) in [5, 5.41) is 3.59. The Morgan fingerprint density at radius 3 is 3.00 bits per heavy atom. The maximum absolute atomic E-state index is 4.03. The molecule has 1 saturated heterocycles. The highest BCUT2D eigenvalue weighted by Crippen LogP contribution is 2.13. The number of hydrogen-bond acceptors (Lipinski definition) is 3. The summed E-state index contributed by atoms with van der Waals surface area (Å²) in [4.78, 5) is 9.67. The van der Waals surface area contributed by atoms with Crippen LogP contribution in [0.3, 0.4) is 0 Å². The summed E-state index contributed by atoms with van der Waals surface area (Å²) < 4.78 is 0. The molecule has 1 unspecified atom stereocenters. The van der Waals surface area contributed by atoms with Crippen LogP contribution in [0.2, 0.25) is 0 Å². The van der Waals surface area contributed by atoms with E-state index in [2.05, 4.69) is 50.5 Å². The molecule has 2 N–H and O–H groups in total. The number of imidazole rings is 1. The first kappa shape index (κ1) is 12.4. The van der Waals surface area contributed by atoms with Crippen LogP contribution in [0.25, 0.3) is 0 Å². The van der Waals surface area contributed by atoms with Gasteiger partial charge >= 0.3 is 0 Å². The van der Waals surface area contributed by atoms with E-state index in [1.54, 1.807) is 6.33 Å². The standard InChI is InChI=1S/C15H20N4/c1-2-4-13(5-3-1)10-19-7-6-14(11-19)17-9-15-8-16-12-18-15/h1-5,8,12,14,17H,6-7,9-11H2,(H,16,18). The molecule has 1 aliphatic heterocycles. The molecule has 1 aliphatic rings. The number of aromatic nitrogens is 2. The number of nitrogens with one attached hydrogen (secondary N) is 2. The van der Waals surface area contributed by atoms with Crippen LogP contribution in [0.4, 0.5) is 0 Å². The van der Waals surface area contributed by atoms with Crippen molar-refractivity contribution < 1.29 is 0 Å². The minimum absolute atomic E-state index is 0.590. The van der Waals surface area contributed by atoms with Crippen LogP contribution in [0.15, 0.2) is 42.9 Å². The largest absolute Gasteiger partial charge is 0.347 e. The van der Waals surface area contributed by atoms with Crippen molar-refractivity contribution in [2.45, 2.75) is 25.6 Å². The molecule has 2 heterocycles. The maximum Gasteiger partial charge on any atom is 0.0922 e. The van der Waals surface area contributed by atoms with E-state index in [0.717, 1.165) is 25.3 Å². The highest BCUT2D eigenvalue weighted by atomic mass is 15.2. The van der Waals surface area contributed by atoms with Gasteiger partial charge in [0.2, 0.25) is 0 Å². The lowest BCUT2D eigenvalue weighted by atomic mass is 10.2. The van der Waals surface area contributed by atoms with Gasteiger partial charge in [-0.15, -0.1) is 0 Å². The molecule has 4 nitrogen and oxygen atoms in total. The average Bonchev–Trinajstić information content (AvgIpc) is 3.09. The van der Waals surface area contributed by atoms with Crippen molar-refractivity contribution in [2.75, 3.05) is 13.1 Å². The van der Waals surface area contributed by atoms with Crippen LogP contribution in [0.5, 0.6) is 0 Å². The molecule has 0 amide bonds. The summed E-state index contributed by atoms with van der Waals surface area (Å²) in [6.07, 6.45) is 4.83. The van der Waals surface area contributed by atoms with Gasteiger partial charge in [-0.25, -0.2) is 4.98 Å². The van der Waals surface area contributed by atoms with Crippen molar-refractivity contribution in [3.8, 4) is 0 Å². The Morgan fingerprint density at radius 2 is 2.21 bits per heavy atom. The lowest BCUT2D eigenvalue weighted by Gasteiger charge is -2.16. The number of likely N-dealkylation sites (tertiary alicyclic amines) is 1. The van der Waals surface area contributed by atoms with Crippen molar-refractivity contribution in [2.24, 2.45) is 0 Å². The Morgan fingerprint density at radius 1 is 1.32 bits per heavy atom. The predicted octanol–water partition coefficient (Wildman–Crippen LogP) is 1.77. The van der Waals surface area contributed by atoms with Gasteiger partial charge in [0.25, 0.3) is 0 Å². The lowest BCUT2D eigenvalue weighted by molar-refractivity contribution is 0.320. The van der Waals surface area contributed by atoms with Crippen molar-refractivity contribution in [1.82, 2.24) is 20.2 Å². The fraction of sp³-hybridized carbons (Fsp3) is 0.400. The molecule has 4 heteroatoms. The molecule has 1 aromatic heterocycles. The molecule has 0 radical (unpaired) electrons. The summed E-state index contributed by atoms with van der Waals surface area (Å²) in [7, 11) is 0. The van der Waals surface area contributed by atoms with E-state index in [-0.39, 0.29) is 0 Å². The predicted molar refractivity (Wildman–Crippen MR) is 75.6 cm³/mol. The average molecular weight is 256 g/mol. The van der Waals surface area contributed by atoms with Crippen LogP contribution < -0.4 is 5.32 Å². The smallest absolute Gasteiger partial charge is 0.0922 e. The van der Waals surface area contributed by atoms with E-state index < -0.39 is 0 Å². The van der Waals surface area contributed by atoms with E-state index in [9.17, 15) is 0 Å². The first-order valence-electron chi connectivity index (χ1n) is 6.87. The molecule has 3 rings (SSSR count). The second-order valence-electron chi connectivity index (χ2n) is 5.16. The third-order valence-electron chi connectivity index (χ3n) is 3.66. The summed E-state index contributed by atoms with van der Waals surface area (Å²) in [5.41, 5.74) is 2.55. The number of aromatic amines is 1. The van der Waals surface area contributed by atoms with Gasteiger partial charge in [-0.05, 0) is 12.0 Å². The summed E-state index contributed by atoms with van der Waals surface area (Å²) in [5.74, 6) is 0. The van der Waals surface area contributed by atoms with Crippen molar-refractivity contribution in [3.63, 3.8) is 0 Å². The Kier molecular flexibility index (Phi) is 3.91. The van der Waals surface area contributed by atoms with Gasteiger partial charge in [-0.3, -0.25) is 4.90 Å². The molecule has 1 fully saturated rings. The Hall–Kier alpha value is -1.65. The molecule has 100 valence electrons. The van der Waals surface area contributed by atoms with E-state index >= 15 is 0 Å². The van der Waals surface area contributed by atoms with Crippen molar-refractivity contribution in [1.29, 1.82) is 0 Å². The lowest BCUT2D eigenvalue weighted by Crippen LogP contribution is -2.32.